The summed E-state index contributed by atoms with van der Waals surface area (Å²) >= 11 is 10.1. The molecule has 0 aliphatic heterocycles. The lowest BCUT2D eigenvalue weighted by atomic mass is 10.1. The van der Waals surface area contributed by atoms with E-state index >= 15 is 0 Å². The molecule has 1 rings (SSSR count). The Morgan fingerprint density at radius 1 is 1.19 bits per heavy atom. The molecule has 0 radical (unpaired) electrons. The second-order valence-electron chi connectivity index (χ2n) is 2.63. The van der Waals surface area contributed by atoms with Gasteiger partial charge < -0.3 is 9.84 Å². The third-order valence-corrected chi connectivity index (χ3v) is 1.92. The Morgan fingerprint density at radius 2 is 1.81 bits per heavy atom. The fourth-order valence-electron chi connectivity index (χ4n) is 0.995. The molecule has 16 heavy (non-hydrogen) atoms. The van der Waals surface area contributed by atoms with Crippen molar-refractivity contribution in [2.45, 2.75) is 0 Å². The van der Waals surface area contributed by atoms with Crippen LogP contribution in [-0.2, 0) is 0 Å². The van der Waals surface area contributed by atoms with Crippen molar-refractivity contribution in [3.8, 4) is 5.75 Å². The van der Waals surface area contributed by atoms with Crippen molar-refractivity contribution in [2.75, 3.05) is 0 Å². The summed E-state index contributed by atoms with van der Waals surface area (Å²) in [4.78, 5) is 32.0. The topological polar surface area (TPSA) is 80.7 Å². The van der Waals surface area contributed by atoms with Gasteiger partial charge in [-0.25, -0.2) is 9.59 Å². The van der Waals surface area contributed by atoms with Gasteiger partial charge in [-0.1, -0.05) is 0 Å². The number of carboxylic acids is 1. The molecule has 0 aliphatic carbocycles. The average Bonchev–Trinajstić information content (AvgIpc) is 2.16. The molecule has 0 unspecified atom stereocenters. The Morgan fingerprint density at radius 3 is 2.25 bits per heavy atom. The van der Waals surface area contributed by atoms with Crippen LogP contribution in [0.3, 0.4) is 0 Å². The van der Waals surface area contributed by atoms with Gasteiger partial charge in [-0.3, -0.25) is 4.79 Å². The molecule has 0 bridgehead atoms. The van der Waals surface area contributed by atoms with Crippen LogP contribution in [-0.4, -0.2) is 21.7 Å². The van der Waals surface area contributed by atoms with Crippen LogP contribution in [0.4, 0.5) is 4.79 Å². The molecule has 0 heterocycles. The first-order valence-corrected chi connectivity index (χ1v) is 4.62. The summed E-state index contributed by atoms with van der Waals surface area (Å²) in [6.07, 6.45) is 0. The molecule has 0 atom stereocenters. The van der Waals surface area contributed by atoms with Gasteiger partial charge in [0.2, 0.25) is 0 Å². The molecule has 5 nitrogen and oxygen atoms in total. The Kier molecular flexibility index (Phi) is 3.87. The lowest BCUT2D eigenvalue weighted by molar-refractivity contribution is 0.0694. The summed E-state index contributed by atoms with van der Waals surface area (Å²) in [5.41, 5.74) is -1.57. The number of hydrogen-bond donors (Lipinski definition) is 1. The van der Waals surface area contributed by atoms with Gasteiger partial charge in [-0.2, -0.15) is 0 Å². The number of aromatic carboxylic acids is 1. The third-order valence-electron chi connectivity index (χ3n) is 1.63. The molecular formula is C9H4Cl2O5. The maximum Gasteiger partial charge on any atom is 0.409 e. The van der Waals surface area contributed by atoms with Crippen LogP contribution in [0.2, 0.25) is 0 Å². The van der Waals surface area contributed by atoms with Crippen molar-refractivity contribution in [3.05, 3.63) is 29.3 Å². The van der Waals surface area contributed by atoms with E-state index in [0.29, 0.717) is 0 Å². The minimum absolute atomic E-state index is 0.0200. The van der Waals surface area contributed by atoms with Gasteiger partial charge in [-0.15, -0.1) is 0 Å². The fraction of sp³-hybridized carbons (Fsp3) is 0. The summed E-state index contributed by atoms with van der Waals surface area (Å²) in [6.45, 7) is 0. The van der Waals surface area contributed by atoms with Gasteiger partial charge in [-0.05, 0) is 29.8 Å². The van der Waals surface area contributed by atoms with Crippen molar-refractivity contribution in [1.29, 1.82) is 0 Å². The van der Waals surface area contributed by atoms with Crippen molar-refractivity contribution in [3.63, 3.8) is 0 Å². The predicted octanol–water partition coefficient (Wildman–Crippen LogP) is 2.50. The Labute approximate surface area is 99.5 Å². The highest BCUT2D eigenvalue weighted by Crippen LogP contribution is 2.22. The number of hydrogen-bond acceptors (Lipinski definition) is 4. The van der Waals surface area contributed by atoms with E-state index in [-0.39, 0.29) is 16.9 Å². The normalized spacial score (nSPS) is 9.62. The molecule has 0 spiro atoms. The highest BCUT2D eigenvalue weighted by atomic mass is 35.5. The summed E-state index contributed by atoms with van der Waals surface area (Å²) in [7, 11) is 0. The van der Waals surface area contributed by atoms with Crippen LogP contribution in [0.1, 0.15) is 20.7 Å². The van der Waals surface area contributed by atoms with Crippen molar-refractivity contribution in [1.82, 2.24) is 0 Å². The Hall–Kier alpha value is -1.59. The molecule has 0 saturated carbocycles. The van der Waals surface area contributed by atoms with Crippen molar-refractivity contribution < 1.29 is 24.2 Å². The van der Waals surface area contributed by atoms with E-state index in [1.54, 1.807) is 0 Å². The minimum Gasteiger partial charge on any atom is -0.478 e. The molecule has 1 aromatic carbocycles. The van der Waals surface area contributed by atoms with Gasteiger partial charge in [0.25, 0.3) is 5.24 Å². The first kappa shape index (κ1) is 12.5. The number of rotatable bonds is 3. The largest absolute Gasteiger partial charge is 0.478 e. The van der Waals surface area contributed by atoms with Gasteiger partial charge in [0.05, 0.1) is 0 Å². The molecule has 1 aromatic rings. The molecule has 0 fully saturated rings. The number of carboxylic acid groups (broad SMARTS) is 1. The number of ether oxygens (including phenoxy) is 1. The molecular weight excluding hydrogens is 259 g/mol. The first-order chi connectivity index (χ1) is 7.41. The van der Waals surface area contributed by atoms with Crippen LogP contribution in [0.25, 0.3) is 0 Å². The lowest BCUT2D eigenvalue weighted by Crippen LogP contribution is -2.06. The Balaban J connectivity index is 3.24. The van der Waals surface area contributed by atoms with E-state index < -0.39 is 16.6 Å². The van der Waals surface area contributed by atoms with Gasteiger partial charge in [0.1, 0.15) is 11.3 Å². The van der Waals surface area contributed by atoms with Crippen molar-refractivity contribution >= 4 is 39.8 Å². The molecule has 7 heteroatoms. The monoisotopic (exact) mass is 262 g/mol. The van der Waals surface area contributed by atoms with E-state index in [1.807, 2.05) is 0 Å². The predicted molar refractivity (Wildman–Crippen MR) is 55.5 cm³/mol. The van der Waals surface area contributed by atoms with E-state index in [1.165, 1.54) is 6.07 Å². The second kappa shape index (κ2) is 4.96. The minimum atomic E-state index is -1.37. The van der Waals surface area contributed by atoms with Gasteiger partial charge in [0.15, 0.2) is 0 Å². The highest BCUT2D eigenvalue weighted by molar-refractivity contribution is 6.67. The lowest BCUT2D eigenvalue weighted by Gasteiger charge is -2.05. The molecule has 84 valence electrons. The van der Waals surface area contributed by atoms with Crippen LogP contribution in [0, 0.1) is 0 Å². The SMILES string of the molecule is O=C(Cl)Oc1ccc(C(=O)Cl)cc1C(=O)O. The van der Waals surface area contributed by atoms with E-state index in [4.69, 9.17) is 28.3 Å². The standard InChI is InChI=1S/C9H4Cl2O5/c10-7(12)4-1-2-6(16-9(11)15)5(3-4)8(13)14/h1-3H,(H,13,14). The van der Waals surface area contributed by atoms with Gasteiger partial charge in [0, 0.05) is 17.2 Å². The average molecular weight is 263 g/mol. The third kappa shape index (κ3) is 2.95. The van der Waals surface area contributed by atoms with Gasteiger partial charge >= 0.3 is 11.4 Å². The van der Waals surface area contributed by atoms with E-state index in [2.05, 4.69) is 4.74 Å². The maximum absolute atomic E-state index is 10.8. The number of carbonyl (C=O) groups excluding carboxylic acids is 2. The van der Waals surface area contributed by atoms with Crippen LogP contribution in [0.15, 0.2) is 18.2 Å². The summed E-state index contributed by atoms with van der Waals surface area (Å²) in [5, 5.41) is 7.98. The van der Waals surface area contributed by atoms with E-state index in [0.717, 1.165) is 12.1 Å². The zero-order valence-electron chi connectivity index (χ0n) is 7.57. The highest BCUT2D eigenvalue weighted by Gasteiger charge is 2.16. The van der Waals surface area contributed by atoms with Crippen LogP contribution in [0.5, 0.6) is 5.75 Å². The smallest absolute Gasteiger partial charge is 0.409 e. The van der Waals surface area contributed by atoms with Crippen molar-refractivity contribution in [2.24, 2.45) is 0 Å². The molecule has 0 amide bonds. The zero-order valence-corrected chi connectivity index (χ0v) is 9.08. The molecule has 0 saturated heterocycles. The molecule has 0 aliphatic rings. The number of benzene rings is 1. The van der Waals surface area contributed by atoms with Crippen LogP contribution < -0.4 is 4.74 Å². The van der Waals surface area contributed by atoms with Crippen LogP contribution >= 0.6 is 23.2 Å². The molecule has 1 N–H and O–H groups in total. The number of carbonyl (C=O) groups is 3. The fourth-order valence-corrected chi connectivity index (χ4v) is 1.20. The number of halogens is 2. The molecule has 0 aromatic heterocycles. The quantitative estimate of drug-likeness (QED) is 0.847. The first-order valence-electron chi connectivity index (χ1n) is 3.86. The summed E-state index contributed by atoms with van der Waals surface area (Å²) in [6, 6.07) is 3.34. The summed E-state index contributed by atoms with van der Waals surface area (Å²) < 4.78 is 4.43. The summed E-state index contributed by atoms with van der Waals surface area (Å²) in [5.74, 6) is -1.62. The van der Waals surface area contributed by atoms with E-state index in [9.17, 15) is 14.4 Å². The second-order valence-corrected chi connectivity index (χ2v) is 3.28. The Bertz CT molecular complexity index is 469. The maximum atomic E-state index is 10.8. The zero-order chi connectivity index (χ0) is 12.3.